The zero-order valence-electron chi connectivity index (χ0n) is 7.21. The molecule has 3 heteroatoms. The van der Waals surface area contributed by atoms with Crippen molar-refractivity contribution in [1.82, 2.24) is 4.90 Å². The Morgan fingerprint density at radius 1 is 1.45 bits per heavy atom. The Balaban J connectivity index is 2.46. The lowest BCUT2D eigenvalue weighted by Crippen LogP contribution is -2.44. The summed E-state index contributed by atoms with van der Waals surface area (Å²) >= 11 is 0. The first-order chi connectivity index (χ1) is 5.11. The van der Waals surface area contributed by atoms with Crippen LogP contribution in [0.1, 0.15) is 20.3 Å². The summed E-state index contributed by atoms with van der Waals surface area (Å²) in [6, 6.07) is -0.274. The van der Waals surface area contributed by atoms with Crippen LogP contribution in [0.5, 0.6) is 0 Å². The van der Waals surface area contributed by atoms with E-state index >= 15 is 0 Å². The van der Waals surface area contributed by atoms with Gasteiger partial charge in [-0.1, -0.05) is 13.8 Å². The number of amides is 2. The van der Waals surface area contributed by atoms with Gasteiger partial charge in [0.05, 0.1) is 0 Å². The molecule has 0 radical (unpaired) electrons. The second-order valence-corrected chi connectivity index (χ2v) is 3.53. The maximum Gasteiger partial charge on any atom is 0.314 e. The standard InChI is InChI=1S/C8H16N2O/c1-6-3-4-10(8(9)11)5-7(6)2/h6-7H,3-5H2,1-2H3,(H2,9,11). The molecule has 0 aromatic rings. The number of carbonyl (C=O) groups is 1. The average Bonchev–Trinajstić information content (AvgIpc) is 1.94. The van der Waals surface area contributed by atoms with Gasteiger partial charge in [0.25, 0.3) is 0 Å². The van der Waals surface area contributed by atoms with E-state index in [0.29, 0.717) is 5.92 Å². The molecular weight excluding hydrogens is 140 g/mol. The summed E-state index contributed by atoms with van der Waals surface area (Å²) in [5.74, 6) is 1.32. The topological polar surface area (TPSA) is 46.3 Å². The van der Waals surface area contributed by atoms with Crippen molar-refractivity contribution < 1.29 is 4.79 Å². The van der Waals surface area contributed by atoms with Gasteiger partial charge in [0.2, 0.25) is 0 Å². The monoisotopic (exact) mass is 156 g/mol. The van der Waals surface area contributed by atoms with Crippen LogP contribution in [0, 0.1) is 11.8 Å². The summed E-state index contributed by atoms with van der Waals surface area (Å²) in [6.07, 6.45) is 1.09. The SMILES string of the molecule is CC1CCN(C(N)=O)CC1C. The Kier molecular flexibility index (Phi) is 2.37. The molecule has 1 rings (SSSR count). The predicted molar refractivity (Wildman–Crippen MR) is 44.1 cm³/mol. The number of carbonyl (C=O) groups excluding carboxylic acids is 1. The van der Waals surface area contributed by atoms with E-state index in [1.54, 1.807) is 4.90 Å². The summed E-state index contributed by atoms with van der Waals surface area (Å²) in [5.41, 5.74) is 5.16. The van der Waals surface area contributed by atoms with Crippen LogP contribution in [-0.2, 0) is 0 Å². The van der Waals surface area contributed by atoms with Crippen molar-refractivity contribution in [3.8, 4) is 0 Å². The highest BCUT2D eigenvalue weighted by Gasteiger charge is 2.23. The number of rotatable bonds is 0. The number of hydrogen-bond donors (Lipinski definition) is 1. The maximum atomic E-state index is 10.8. The fourth-order valence-electron chi connectivity index (χ4n) is 1.46. The molecule has 0 aliphatic carbocycles. The van der Waals surface area contributed by atoms with Crippen molar-refractivity contribution >= 4 is 6.03 Å². The van der Waals surface area contributed by atoms with E-state index in [0.717, 1.165) is 25.4 Å². The number of nitrogens with two attached hydrogens (primary N) is 1. The molecule has 0 aromatic carbocycles. The first-order valence-electron chi connectivity index (χ1n) is 4.15. The number of piperidine rings is 1. The van der Waals surface area contributed by atoms with Gasteiger partial charge in [-0.05, 0) is 18.3 Å². The summed E-state index contributed by atoms with van der Waals surface area (Å²) in [7, 11) is 0. The Labute approximate surface area is 67.5 Å². The van der Waals surface area contributed by atoms with Crippen molar-refractivity contribution in [3.63, 3.8) is 0 Å². The minimum atomic E-state index is -0.274. The second-order valence-electron chi connectivity index (χ2n) is 3.53. The summed E-state index contributed by atoms with van der Waals surface area (Å²) < 4.78 is 0. The third-order valence-electron chi connectivity index (χ3n) is 2.65. The van der Waals surface area contributed by atoms with E-state index in [1.807, 2.05) is 0 Å². The van der Waals surface area contributed by atoms with E-state index in [9.17, 15) is 4.79 Å². The Morgan fingerprint density at radius 2 is 2.09 bits per heavy atom. The van der Waals surface area contributed by atoms with Crippen LogP contribution in [-0.4, -0.2) is 24.0 Å². The van der Waals surface area contributed by atoms with Crippen molar-refractivity contribution in [2.45, 2.75) is 20.3 Å². The quantitative estimate of drug-likeness (QED) is 0.559. The lowest BCUT2D eigenvalue weighted by Gasteiger charge is -2.34. The largest absolute Gasteiger partial charge is 0.351 e. The van der Waals surface area contributed by atoms with Crippen LogP contribution in [0.2, 0.25) is 0 Å². The zero-order valence-corrected chi connectivity index (χ0v) is 7.21. The molecule has 2 unspecified atom stereocenters. The van der Waals surface area contributed by atoms with E-state index in [-0.39, 0.29) is 6.03 Å². The predicted octanol–water partition coefficient (Wildman–Crippen LogP) is 1.04. The van der Waals surface area contributed by atoms with Gasteiger partial charge in [0, 0.05) is 13.1 Å². The lowest BCUT2D eigenvalue weighted by atomic mass is 9.89. The van der Waals surface area contributed by atoms with Crippen molar-refractivity contribution in [2.75, 3.05) is 13.1 Å². The van der Waals surface area contributed by atoms with Gasteiger partial charge in [-0.2, -0.15) is 0 Å². The van der Waals surface area contributed by atoms with Crippen LogP contribution in [0.4, 0.5) is 4.79 Å². The maximum absolute atomic E-state index is 10.8. The molecule has 0 bridgehead atoms. The molecule has 1 fully saturated rings. The number of hydrogen-bond acceptors (Lipinski definition) is 1. The molecule has 1 saturated heterocycles. The fourth-order valence-corrected chi connectivity index (χ4v) is 1.46. The molecule has 2 N–H and O–H groups in total. The van der Waals surface area contributed by atoms with E-state index < -0.39 is 0 Å². The van der Waals surface area contributed by atoms with Gasteiger partial charge in [0.1, 0.15) is 0 Å². The highest BCUT2D eigenvalue weighted by atomic mass is 16.2. The Morgan fingerprint density at radius 3 is 2.55 bits per heavy atom. The fraction of sp³-hybridized carbons (Fsp3) is 0.875. The summed E-state index contributed by atoms with van der Waals surface area (Å²) in [5, 5.41) is 0. The van der Waals surface area contributed by atoms with Crippen LogP contribution in [0.15, 0.2) is 0 Å². The van der Waals surface area contributed by atoms with Gasteiger partial charge >= 0.3 is 6.03 Å². The van der Waals surface area contributed by atoms with Crippen molar-refractivity contribution in [1.29, 1.82) is 0 Å². The molecule has 0 spiro atoms. The normalized spacial score (nSPS) is 32.0. The molecule has 2 atom stereocenters. The second kappa shape index (κ2) is 3.11. The minimum absolute atomic E-state index is 0.274. The van der Waals surface area contributed by atoms with Gasteiger partial charge < -0.3 is 10.6 Å². The summed E-state index contributed by atoms with van der Waals surface area (Å²) in [4.78, 5) is 12.5. The lowest BCUT2D eigenvalue weighted by molar-refractivity contribution is 0.151. The van der Waals surface area contributed by atoms with Crippen LogP contribution in [0.25, 0.3) is 0 Å². The number of likely N-dealkylation sites (tertiary alicyclic amines) is 1. The average molecular weight is 156 g/mol. The highest BCUT2D eigenvalue weighted by molar-refractivity contribution is 5.72. The molecule has 1 heterocycles. The van der Waals surface area contributed by atoms with Crippen molar-refractivity contribution in [2.24, 2.45) is 17.6 Å². The molecule has 11 heavy (non-hydrogen) atoms. The Hall–Kier alpha value is -0.730. The van der Waals surface area contributed by atoms with E-state index in [2.05, 4.69) is 13.8 Å². The highest BCUT2D eigenvalue weighted by Crippen LogP contribution is 2.21. The minimum Gasteiger partial charge on any atom is -0.351 e. The zero-order chi connectivity index (χ0) is 8.43. The van der Waals surface area contributed by atoms with Gasteiger partial charge in [-0.15, -0.1) is 0 Å². The van der Waals surface area contributed by atoms with Crippen LogP contribution >= 0.6 is 0 Å². The molecule has 0 saturated carbocycles. The molecular formula is C8H16N2O. The smallest absolute Gasteiger partial charge is 0.314 e. The molecule has 64 valence electrons. The summed E-state index contributed by atoms with van der Waals surface area (Å²) in [6.45, 7) is 6.06. The first-order valence-corrected chi connectivity index (χ1v) is 4.15. The van der Waals surface area contributed by atoms with Crippen LogP contribution < -0.4 is 5.73 Å². The van der Waals surface area contributed by atoms with Crippen molar-refractivity contribution in [3.05, 3.63) is 0 Å². The molecule has 2 amide bonds. The van der Waals surface area contributed by atoms with E-state index in [1.165, 1.54) is 0 Å². The number of urea groups is 1. The van der Waals surface area contributed by atoms with Gasteiger partial charge in [0.15, 0.2) is 0 Å². The third kappa shape index (κ3) is 1.85. The third-order valence-corrected chi connectivity index (χ3v) is 2.65. The molecule has 0 aromatic heterocycles. The number of nitrogens with zero attached hydrogens (tertiary/aromatic N) is 1. The number of primary amides is 1. The van der Waals surface area contributed by atoms with Gasteiger partial charge in [-0.25, -0.2) is 4.79 Å². The Bertz CT molecular complexity index is 158. The molecule has 1 aliphatic heterocycles. The molecule has 1 aliphatic rings. The molecule has 3 nitrogen and oxygen atoms in total. The van der Waals surface area contributed by atoms with Gasteiger partial charge in [-0.3, -0.25) is 0 Å². The first kappa shape index (κ1) is 8.37. The van der Waals surface area contributed by atoms with E-state index in [4.69, 9.17) is 5.73 Å². The van der Waals surface area contributed by atoms with Crippen LogP contribution in [0.3, 0.4) is 0 Å².